The van der Waals surface area contributed by atoms with Crippen LogP contribution < -0.4 is 14.5 Å². The molecule has 0 amide bonds. The molecule has 2 aromatic rings. The molecule has 2 N–H and O–H groups in total. The highest BCUT2D eigenvalue weighted by Gasteiger charge is 2.24. The van der Waals surface area contributed by atoms with Gasteiger partial charge < -0.3 is 19.6 Å². The molecule has 0 saturated carbocycles. The average Bonchev–Trinajstić information content (AvgIpc) is 2.62. The van der Waals surface area contributed by atoms with E-state index in [0.717, 1.165) is 26.2 Å². The van der Waals surface area contributed by atoms with E-state index in [0.29, 0.717) is 23.0 Å². The Labute approximate surface area is 152 Å². The molecule has 1 unspecified atom stereocenters. The van der Waals surface area contributed by atoms with Crippen LogP contribution in [0.15, 0.2) is 48.5 Å². The SMILES string of the molecule is OC(COc1ccc(Cl)cc1)C[NH+]1CCN(c2ccccc2F)CC1. The van der Waals surface area contributed by atoms with E-state index >= 15 is 0 Å². The molecule has 1 atom stereocenters. The molecule has 0 aliphatic carbocycles. The Balaban J connectivity index is 1.42. The molecular weight excluding hydrogens is 343 g/mol. The first-order valence-corrected chi connectivity index (χ1v) is 8.89. The van der Waals surface area contributed by atoms with Gasteiger partial charge in [0.1, 0.15) is 30.8 Å². The Kier molecular flexibility index (Phi) is 6.13. The Hall–Kier alpha value is -1.82. The van der Waals surface area contributed by atoms with Crippen LogP contribution in [0.2, 0.25) is 5.02 Å². The molecular formula is C19H23ClFN2O2+. The quantitative estimate of drug-likeness (QED) is 0.817. The van der Waals surface area contributed by atoms with Crippen molar-refractivity contribution >= 4 is 17.3 Å². The number of hydrogen-bond acceptors (Lipinski definition) is 3. The number of para-hydroxylation sites is 1. The van der Waals surface area contributed by atoms with E-state index in [9.17, 15) is 9.50 Å². The van der Waals surface area contributed by atoms with Crippen molar-refractivity contribution in [3.8, 4) is 5.75 Å². The zero-order valence-electron chi connectivity index (χ0n) is 14.0. The lowest BCUT2D eigenvalue weighted by Gasteiger charge is -2.34. The molecule has 1 heterocycles. The molecule has 1 aliphatic rings. The normalized spacial score (nSPS) is 16.7. The fourth-order valence-corrected chi connectivity index (χ4v) is 3.22. The molecule has 0 bridgehead atoms. The van der Waals surface area contributed by atoms with Gasteiger partial charge in [-0.05, 0) is 36.4 Å². The van der Waals surface area contributed by atoms with Crippen molar-refractivity contribution in [1.29, 1.82) is 0 Å². The van der Waals surface area contributed by atoms with Gasteiger partial charge in [0, 0.05) is 5.02 Å². The van der Waals surface area contributed by atoms with Crippen LogP contribution in [0.3, 0.4) is 0 Å². The standard InChI is InChI=1S/C19H22ClFN2O2/c20-15-5-7-17(8-6-15)25-14-16(24)13-22-9-11-23(12-10-22)19-4-2-1-3-18(19)21/h1-8,16,24H,9-14H2/p+1. The summed E-state index contributed by atoms with van der Waals surface area (Å²) in [5.74, 6) is 0.519. The van der Waals surface area contributed by atoms with Gasteiger partial charge in [-0.1, -0.05) is 23.7 Å². The molecule has 1 aliphatic heterocycles. The number of nitrogens with zero attached hydrogens (tertiary/aromatic N) is 1. The summed E-state index contributed by atoms with van der Waals surface area (Å²) >= 11 is 5.83. The van der Waals surface area contributed by atoms with Gasteiger partial charge in [-0.3, -0.25) is 0 Å². The highest BCUT2D eigenvalue weighted by atomic mass is 35.5. The van der Waals surface area contributed by atoms with E-state index in [1.54, 1.807) is 30.3 Å². The number of hydrogen-bond donors (Lipinski definition) is 2. The van der Waals surface area contributed by atoms with Gasteiger partial charge in [0.25, 0.3) is 0 Å². The molecule has 0 spiro atoms. The van der Waals surface area contributed by atoms with E-state index in [-0.39, 0.29) is 12.4 Å². The number of rotatable bonds is 6. The zero-order valence-corrected chi connectivity index (χ0v) is 14.8. The van der Waals surface area contributed by atoms with E-state index in [4.69, 9.17) is 16.3 Å². The molecule has 3 rings (SSSR count). The van der Waals surface area contributed by atoms with E-state index in [1.807, 2.05) is 12.1 Å². The number of halogens is 2. The zero-order chi connectivity index (χ0) is 17.6. The second-order valence-corrected chi connectivity index (χ2v) is 6.75. The van der Waals surface area contributed by atoms with Crippen LogP contribution in [0, 0.1) is 5.82 Å². The molecule has 0 radical (unpaired) electrons. The van der Waals surface area contributed by atoms with Crippen molar-refractivity contribution in [3.63, 3.8) is 0 Å². The van der Waals surface area contributed by atoms with Gasteiger partial charge in [-0.15, -0.1) is 0 Å². The minimum Gasteiger partial charge on any atom is -0.491 e. The Morgan fingerprint density at radius 2 is 1.80 bits per heavy atom. The number of quaternary nitrogens is 1. The monoisotopic (exact) mass is 365 g/mol. The summed E-state index contributed by atoms with van der Waals surface area (Å²) in [5, 5.41) is 10.9. The van der Waals surface area contributed by atoms with E-state index < -0.39 is 6.10 Å². The number of anilines is 1. The van der Waals surface area contributed by atoms with Gasteiger partial charge in [-0.2, -0.15) is 0 Å². The van der Waals surface area contributed by atoms with Crippen molar-refractivity contribution in [1.82, 2.24) is 0 Å². The van der Waals surface area contributed by atoms with Crippen molar-refractivity contribution in [2.45, 2.75) is 6.10 Å². The molecule has 0 aromatic heterocycles. The summed E-state index contributed by atoms with van der Waals surface area (Å²) in [6.45, 7) is 4.17. The van der Waals surface area contributed by atoms with Crippen LogP contribution in [0.4, 0.5) is 10.1 Å². The maximum Gasteiger partial charge on any atom is 0.146 e. The molecule has 2 aromatic carbocycles. The maximum atomic E-state index is 13.9. The number of aliphatic hydroxyl groups excluding tert-OH is 1. The van der Waals surface area contributed by atoms with Gasteiger partial charge in [0.2, 0.25) is 0 Å². The van der Waals surface area contributed by atoms with Crippen LogP contribution in [0.25, 0.3) is 0 Å². The number of nitrogens with one attached hydrogen (secondary N) is 1. The molecule has 134 valence electrons. The largest absolute Gasteiger partial charge is 0.491 e. The number of benzene rings is 2. The average molecular weight is 366 g/mol. The topological polar surface area (TPSA) is 37.1 Å². The van der Waals surface area contributed by atoms with Gasteiger partial charge in [-0.25, -0.2) is 4.39 Å². The fourth-order valence-electron chi connectivity index (χ4n) is 3.09. The fraction of sp³-hybridized carbons (Fsp3) is 0.368. The third kappa shape index (κ3) is 5.08. The second-order valence-electron chi connectivity index (χ2n) is 6.31. The highest BCUT2D eigenvalue weighted by molar-refractivity contribution is 6.30. The molecule has 6 heteroatoms. The van der Waals surface area contributed by atoms with E-state index in [2.05, 4.69) is 4.90 Å². The maximum absolute atomic E-state index is 13.9. The lowest BCUT2D eigenvalue weighted by molar-refractivity contribution is -0.903. The van der Waals surface area contributed by atoms with Crippen LogP contribution in [0.5, 0.6) is 5.75 Å². The summed E-state index contributed by atoms with van der Waals surface area (Å²) in [5.41, 5.74) is 0.660. The van der Waals surface area contributed by atoms with Crippen LogP contribution in [-0.2, 0) is 0 Å². The van der Waals surface area contributed by atoms with E-state index in [1.165, 1.54) is 11.0 Å². The summed E-state index contributed by atoms with van der Waals surface area (Å²) in [4.78, 5) is 3.37. The molecule has 1 fully saturated rings. The van der Waals surface area contributed by atoms with Gasteiger partial charge in [0.05, 0.1) is 31.9 Å². The Bertz CT molecular complexity index is 675. The Morgan fingerprint density at radius 1 is 1.12 bits per heavy atom. The lowest BCUT2D eigenvalue weighted by atomic mass is 10.2. The van der Waals surface area contributed by atoms with Crippen molar-refractivity contribution in [2.75, 3.05) is 44.2 Å². The van der Waals surface area contributed by atoms with Gasteiger partial charge >= 0.3 is 0 Å². The number of ether oxygens (including phenoxy) is 1. The van der Waals surface area contributed by atoms with Gasteiger partial charge in [0.15, 0.2) is 0 Å². The summed E-state index contributed by atoms with van der Waals surface area (Å²) in [6.07, 6.45) is -0.536. The minimum atomic E-state index is -0.536. The molecule has 25 heavy (non-hydrogen) atoms. The smallest absolute Gasteiger partial charge is 0.146 e. The van der Waals surface area contributed by atoms with Crippen molar-refractivity contribution in [3.05, 3.63) is 59.4 Å². The van der Waals surface area contributed by atoms with Crippen LogP contribution >= 0.6 is 11.6 Å². The molecule has 1 saturated heterocycles. The third-order valence-electron chi connectivity index (χ3n) is 4.44. The van der Waals surface area contributed by atoms with Crippen LogP contribution in [0.1, 0.15) is 0 Å². The lowest BCUT2D eigenvalue weighted by Crippen LogP contribution is -3.16. The summed E-state index contributed by atoms with van der Waals surface area (Å²) in [7, 11) is 0. The number of piperazine rings is 1. The van der Waals surface area contributed by atoms with Crippen molar-refractivity contribution < 1.29 is 19.1 Å². The first-order valence-electron chi connectivity index (χ1n) is 8.51. The predicted molar refractivity (Wildman–Crippen MR) is 97.1 cm³/mol. The predicted octanol–water partition coefficient (Wildman–Crippen LogP) is 1.62. The third-order valence-corrected chi connectivity index (χ3v) is 4.70. The Morgan fingerprint density at radius 3 is 2.48 bits per heavy atom. The summed E-state index contributed by atoms with van der Waals surface area (Å²) in [6, 6.07) is 14.0. The highest BCUT2D eigenvalue weighted by Crippen LogP contribution is 2.18. The second kappa shape index (κ2) is 8.52. The number of aliphatic hydroxyl groups is 1. The van der Waals surface area contributed by atoms with Crippen LogP contribution in [-0.4, -0.2) is 50.5 Å². The van der Waals surface area contributed by atoms with Crippen molar-refractivity contribution in [2.24, 2.45) is 0 Å². The summed E-state index contributed by atoms with van der Waals surface area (Å²) < 4.78 is 19.4. The first kappa shape index (κ1) is 18.0. The first-order chi connectivity index (χ1) is 12.1. The molecule has 4 nitrogen and oxygen atoms in total. The minimum absolute atomic E-state index is 0.178.